The predicted octanol–water partition coefficient (Wildman–Crippen LogP) is 2.66. The Kier molecular flexibility index (Phi) is 3.16. The molecule has 3 aromatic rings. The van der Waals surface area contributed by atoms with Gasteiger partial charge in [-0.3, -0.25) is 5.10 Å². The summed E-state index contributed by atoms with van der Waals surface area (Å²) in [5.74, 6) is 1.55. The molecule has 0 spiro atoms. The second kappa shape index (κ2) is 4.97. The molecule has 0 aliphatic heterocycles. The maximum absolute atomic E-state index is 4.65. The number of aryl methyl sites for hydroxylation is 2. The van der Waals surface area contributed by atoms with E-state index in [0.29, 0.717) is 0 Å². The molecule has 0 fully saturated rings. The highest BCUT2D eigenvalue weighted by Crippen LogP contribution is 2.21. The lowest BCUT2D eigenvalue weighted by Crippen LogP contribution is -1.97. The summed E-state index contributed by atoms with van der Waals surface area (Å²) in [4.78, 5) is 13.5. The molecule has 19 heavy (non-hydrogen) atoms. The number of H-pyrrole nitrogens is 1. The van der Waals surface area contributed by atoms with Gasteiger partial charge in [-0.15, -0.1) is 5.10 Å². The largest absolute Gasteiger partial charge is 0.262 e. The molecule has 1 N–H and O–H groups in total. The number of benzene rings is 1. The first-order valence-corrected chi connectivity index (χ1v) is 6.95. The van der Waals surface area contributed by atoms with Crippen LogP contribution in [0.1, 0.15) is 17.2 Å². The molecule has 0 radical (unpaired) electrons. The summed E-state index contributed by atoms with van der Waals surface area (Å²) >= 11 is 1.56. The van der Waals surface area contributed by atoms with Crippen molar-refractivity contribution in [2.45, 2.75) is 24.8 Å². The zero-order valence-corrected chi connectivity index (χ0v) is 11.5. The zero-order valence-electron chi connectivity index (χ0n) is 10.7. The summed E-state index contributed by atoms with van der Waals surface area (Å²) in [5.41, 5.74) is 3.79. The van der Waals surface area contributed by atoms with E-state index < -0.39 is 0 Å². The number of nitrogens with one attached hydrogen (secondary N) is 1. The normalized spacial score (nSPS) is 11.1. The first-order chi connectivity index (χ1) is 9.22. The van der Waals surface area contributed by atoms with Crippen LogP contribution in [-0.2, 0) is 5.75 Å². The molecule has 0 saturated heterocycles. The quantitative estimate of drug-likeness (QED) is 0.742. The van der Waals surface area contributed by atoms with Gasteiger partial charge in [-0.2, -0.15) is 0 Å². The molecule has 0 bridgehead atoms. The molecule has 3 rings (SSSR count). The van der Waals surface area contributed by atoms with Gasteiger partial charge in [-0.1, -0.05) is 23.9 Å². The van der Waals surface area contributed by atoms with Crippen molar-refractivity contribution in [1.82, 2.24) is 25.1 Å². The maximum Gasteiger partial charge on any atom is 0.208 e. The number of fused-ring (bicyclic) bond motifs is 1. The Morgan fingerprint density at radius 1 is 1.05 bits per heavy atom. The Morgan fingerprint density at radius 2 is 1.79 bits per heavy atom. The van der Waals surface area contributed by atoms with E-state index >= 15 is 0 Å². The highest BCUT2D eigenvalue weighted by Gasteiger charge is 2.07. The lowest BCUT2D eigenvalue weighted by molar-refractivity contribution is 0.966. The highest BCUT2D eigenvalue weighted by atomic mass is 32.2. The van der Waals surface area contributed by atoms with Crippen LogP contribution in [0.4, 0.5) is 0 Å². The molecule has 1 aromatic carbocycles. The fraction of sp³-hybridized carbons (Fsp3) is 0.231. The van der Waals surface area contributed by atoms with Gasteiger partial charge >= 0.3 is 0 Å². The Hall–Kier alpha value is -1.95. The van der Waals surface area contributed by atoms with Crippen molar-refractivity contribution in [3.8, 4) is 0 Å². The van der Waals surface area contributed by atoms with Crippen molar-refractivity contribution < 1.29 is 0 Å². The van der Waals surface area contributed by atoms with Crippen LogP contribution in [0.15, 0.2) is 29.4 Å². The molecule has 96 valence electrons. The summed E-state index contributed by atoms with van der Waals surface area (Å²) in [6, 6.07) is 7.90. The van der Waals surface area contributed by atoms with Gasteiger partial charge in [0.05, 0.1) is 22.4 Å². The number of para-hydroxylation sites is 2. The Bertz CT molecular complexity index is 722. The molecule has 0 atom stereocenters. The van der Waals surface area contributed by atoms with Crippen molar-refractivity contribution in [1.29, 1.82) is 0 Å². The highest BCUT2D eigenvalue weighted by molar-refractivity contribution is 7.98. The molecule has 2 heterocycles. The van der Waals surface area contributed by atoms with Gasteiger partial charge in [0.2, 0.25) is 5.16 Å². The topological polar surface area (TPSA) is 67.3 Å². The van der Waals surface area contributed by atoms with Gasteiger partial charge in [0.15, 0.2) is 0 Å². The van der Waals surface area contributed by atoms with E-state index in [1.165, 1.54) is 0 Å². The average Bonchev–Trinajstić information content (AvgIpc) is 2.82. The van der Waals surface area contributed by atoms with Crippen molar-refractivity contribution in [2.75, 3.05) is 0 Å². The van der Waals surface area contributed by atoms with Gasteiger partial charge in [-0.05, 0) is 26.0 Å². The Labute approximate surface area is 114 Å². The number of nitrogens with zero attached hydrogens (tertiary/aromatic N) is 4. The third kappa shape index (κ3) is 2.58. The van der Waals surface area contributed by atoms with Gasteiger partial charge < -0.3 is 0 Å². The second-order valence-electron chi connectivity index (χ2n) is 4.24. The standard InChI is InChI=1S/C13H13N5S/c1-8-12(7-19-13-15-9(2)17-18-13)16-11-6-4-3-5-10(11)14-8/h3-6H,7H2,1-2H3,(H,15,17,18). The smallest absolute Gasteiger partial charge is 0.208 e. The van der Waals surface area contributed by atoms with Crippen LogP contribution >= 0.6 is 11.8 Å². The third-order valence-corrected chi connectivity index (χ3v) is 3.62. The number of hydrogen-bond donors (Lipinski definition) is 1. The first-order valence-electron chi connectivity index (χ1n) is 5.96. The minimum atomic E-state index is 0.723. The minimum Gasteiger partial charge on any atom is -0.262 e. The lowest BCUT2D eigenvalue weighted by atomic mass is 10.2. The maximum atomic E-state index is 4.65. The molecule has 2 aromatic heterocycles. The van der Waals surface area contributed by atoms with Crippen molar-refractivity contribution in [2.24, 2.45) is 0 Å². The second-order valence-corrected chi connectivity index (χ2v) is 5.18. The number of rotatable bonds is 3. The number of aromatic nitrogens is 5. The van der Waals surface area contributed by atoms with E-state index in [-0.39, 0.29) is 0 Å². The van der Waals surface area contributed by atoms with Crippen LogP contribution < -0.4 is 0 Å². The van der Waals surface area contributed by atoms with Crippen LogP contribution in [0, 0.1) is 13.8 Å². The molecular weight excluding hydrogens is 258 g/mol. The van der Waals surface area contributed by atoms with Gasteiger partial charge in [0.25, 0.3) is 0 Å². The van der Waals surface area contributed by atoms with E-state index in [1.807, 2.05) is 38.1 Å². The Balaban J connectivity index is 1.86. The van der Waals surface area contributed by atoms with Gasteiger partial charge in [0.1, 0.15) is 5.82 Å². The fourth-order valence-electron chi connectivity index (χ4n) is 1.78. The van der Waals surface area contributed by atoms with Crippen molar-refractivity contribution in [3.05, 3.63) is 41.5 Å². The molecule has 0 saturated carbocycles. The van der Waals surface area contributed by atoms with Crippen LogP contribution in [0.2, 0.25) is 0 Å². The SMILES string of the molecule is Cc1nc(SCc2nc3ccccc3nc2C)n[nH]1. The summed E-state index contributed by atoms with van der Waals surface area (Å²) in [6.07, 6.45) is 0. The van der Waals surface area contributed by atoms with E-state index in [4.69, 9.17) is 0 Å². The van der Waals surface area contributed by atoms with Gasteiger partial charge in [-0.25, -0.2) is 15.0 Å². The summed E-state index contributed by atoms with van der Waals surface area (Å²) in [5, 5.41) is 7.68. The van der Waals surface area contributed by atoms with E-state index in [0.717, 1.165) is 39.2 Å². The summed E-state index contributed by atoms with van der Waals surface area (Å²) in [6.45, 7) is 3.87. The molecule has 0 aliphatic carbocycles. The van der Waals surface area contributed by atoms with Crippen LogP contribution in [0.3, 0.4) is 0 Å². The zero-order chi connectivity index (χ0) is 13.2. The summed E-state index contributed by atoms with van der Waals surface area (Å²) < 4.78 is 0. The van der Waals surface area contributed by atoms with Crippen molar-refractivity contribution >= 4 is 22.8 Å². The predicted molar refractivity (Wildman–Crippen MR) is 75.0 cm³/mol. The number of aromatic amines is 1. The average molecular weight is 271 g/mol. The van der Waals surface area contributed by atoms with Gasteiger partial charge in [0, 0.05) is 5.75 Å². The van der Waals surface area contributed by atoms with Crippen LogP contribution in [0.25, 0.3) is 11.0 Å². The van der Waals surface area contributed by atoms with E-state index in [9.17, 15) is 0 Å². The number of thioether (sulfide) groups is 1. The van der Waals surface area contributed by atoms with E-state index in [2.05, 4.69) is 25.1 Å². The van der Waals surface area contributed by atoms with E-state index in [1.54, 1.807) is 11.8 Å². The fourth-order valence-corrected chi connectivity index (χ4v) is 2.63. The summed E-state index contributed by atoms with van der Waals surface area (Å²) in [7, 11) is 0. The molecule has 5 nitrogen and oxygen atoms in total. The first kappa shape index (κ1) is 12.1. The molecule has 0 unspecified atom stereocenters. The monoisotopic (exact) mass is 271 g/mol. The molecule has 0 amide bonds. The molecule has 0 aliphatic rings. The number of hydrogen-bond acceptors (Lipinski definition) is 5. The van der Waals surface area contributed by atoms with Crippen LogP contribution in [-0.4, -0.2) is 25.1 Å². The lowest BCUT2D eigenvalue weighted by Gasteiger charge is -2.04. The molecule has 6 heteroatoms. The van der Waals surface area contributed by atoms with Crippen LogP contribution in [0.5, 0.6) is 0 Å². The minimum absolute atomic E-state index is 0.723. The molecular formula is C13H13N5S. The third-order valence-electron chi connectivity index (χ3n) is 2.76. The Morgan fingerprint density at radius 3 is 2.47 bits per heavy atom. The van der Waals surface area contributed by atoms with Crippen molar-refractivity contribution in [3.63, 3.8) is 0 Å².